The summed E-state index contributed by atoms with van der Waals surface area (Å²) in [5.41, 5.74) is 6.94. The number of aromatic nitrogens is 2. The first-order valence-electron chi connectivity index (χ1n) is 11.3. The van der Waals surface area contributed by atoms with Crippen molar-refractivity contribution >= 4 is 17.6 Å². The predicted molar refractivity (Wildman–Crippen MR) is 132 cm³/mol. The van der Waals surface area contributed by atoms with E-state index in [0.29, 0.717) is 6.54 Å². The molecule has 2 aromatic heterocycles. The molecule has 3 heterocycles. The smallest absolute Gasteiger partial charge is 0.475 e. The van der Waals surface area contributed by atoms with Crippen LogP contribution < -0.4 is 5.32 Å². The Kier molecular flexibility index (Phi) is 8.05. The summed E-state index contributed by atoms with van der Waals surface area (Å²) in [6.07, 6.45) is -2.47. The predicted octanol–water partition coefficient (Wildman–Crippen LogP) is 5.20. The molecule has 1 aliphatic heterocycles. The minimum Gasteiger partial charge on any atom is -0.475 e. The van der Waals surface area contributed by atoms with E-state index in [9.17, 15) is 18.0 Å². The second kappa shape index (κ2) is 10.9. The molecular formula is C26H27F3N4O4. The molecule has 37 heavy (non-hydrogen) atoms. The van der Waals surface area contributed by atoms with Gasteiger partial charge < -0.3 is 20.2 Å². The van der Waals surface area contributed by atoms with Crippen molar-refractivity contribution in [2.75, 3.05) is 6.54 Å². The largest absolute Gasteiger partial charge is 0.490 e. The number of amides is 1. The molecule has 0 atom stereocenters. The molecule has 0 saturated carbocycles. The van der Waals surface area contributed by atoms with Crippen LogP contribution in [0.2, 0.25) is 0 Å². The van der Waals surface area contributed by atoms with E-state index in [1.54, 1.807) is 6.20 Å². The molecule has 0 aliphatic carbocycles. The van der Waals surface area contributed by atoms with Gasteiger partial charge in [-0.25, -0.2) is 4.79 Å². The van der Waals surface area contributed by atoms with Crippen molar-refractivity contribution in [1.82, 2.24) is 15.3 Å². The fourth-order valence-electron chi connectivity index (χ4n) is 3.37. The van der Waals surface area contributed by atoms with Crippen LogP contribution in [0.3, 0.4) is 0 Å². The van der Waals surface area contributed by atoms with Crippen LogP contribution in [0.25, 0.3) is 22.5 Å². The van der Waals surface area contributed by atoms with E-state index in [1.807, 2.05) is 64.1 Å². The van der Waals surface area contributed by atoms with Gasteiger partial charge in [-0.1, -0.05) is 23.4 Å². The molecule has 1 aliphatic rings. The zero-order chi connectivity index (χ0) is 27.4. The Morgan fingerprint density at radius 1 is 1.11 bits per heavy atom. The third-order valence-electron chi connectivity index (χ3n) is 5.15. The number of nitrogens with zero attached hydrogens (tertiary/aromatic N) is 2. The van der Waals surface area contributed by atoms with Crippen LogP contribution in [0.1, 0.15) is 49.3 Å². The van der Waals surface area contributed by atoms with Crippen LogP contribution in [-0.4, -0.2) is 51.0 Å². The monoisotopic (exact) mass is 516 g/mol. The first-order chi connectivity index (χ1) is 17.2. The van der Waals surface area contributed by atoms with E-state index in [-0.39, 0.29) is 11.5 Å². The number of carboxylic acid groups (broad SMARTS) is 1. The number of carbonyl (C=O) groups is 2. The zero-order valence-electron chi connectivity index (χ0n) is 20.7. The average Bonchev–Trinajstić information content (AvgIpc) is 3.28. The zero-order valence-corrected chi connectivity index (χ0v) is 20.7. The summed E-state index contributed by atoms with van der Waals surface area (Å²) in [5.74, 6) is -2.78. The average molecular weight is 517 g/mol. The van der Waals surface area contributed by atoms with Gasteiger partial charge in [0.15, 0.2) is 0 Å². The van der Waals surface area contributed by atoms with Gasteiger partial charge in [0.25, 0.3) is 5.91 Å². The Morgan fingerprint density at radius 2 is 1.81 bits per heavy atom. The molecular weight excluding hydrogens is 489 g/mol. The number of nitrogens with one attached hydrogen (secondary N) is 2. The molecule has 0 unspecified atom stereocenters. The third-order valence-corrected chi connectivity index (χ3v) is 5.15. The van der Waals surface area contributed by atoms with Gasteiger partial charge >= 0.3 is 12.1 Å². The summed E-state index contributed by atoms with van der Waals surface area (Å²) in [4.78, 5) is 34.5. The molecule has 3 N–H and O–H groups in total. The number of fused-ring (bicyclic) bond motifs is 1. The molecule has 0 fully saturated rings. The number of rotatable bonds is 4. The van der Waals surface area contributed by atoms with Crippen LogP contribution in [-0.2, 0) is 16.1 Å². The topological polar surface area (TPSA) is 117 Å². The number of aliphatic carboxylic acids is 1. The van der Waals surface area contributed by atoms with Crippen LogP contribution in [0, 0.1) is 0 Å². The molecule has 11 heteroatoms. The van der Waals surface area contributed by atoms with Gasteiger partial charge in [0.2, 0.25) is 0 Å². The number of H-pyrrole nitrogens is 1. The normalized spacial score (nSPS) is 13.7. The summed E-state index contributed by atoms with van der Waals surface area (Å²) in [7, 11) is 0. The van der Waals surface area contributed by atoms with Gasteiger partial charge in [0.05, 0.1) is 17.0 Å². The van der Waals surface area contributed by atoms with Crippen molar-refractivity contribution in [1.29, 1.82) is 0 Å². The van der Waals surface area contributed by atoms with E-state index in [2.05, 4.69) is 26.5 Å². The van der Waals surface area contributed by atoms with Gasteiger partial charge in [-0.3, -0.25) is 9.78 Å². The molecule has 3 aromatic rings. The Hall–Kier alpha value is -4.15. The number of hydrogen-bond donors (Lipinski definition) is 3. The van der Waals surface area contributed by atoms with Crippen LogP contribution >= 0.6 is 0 Å². The summed E-state index contributed by atoms with van der Waals surface area (Å²) in [6, 6.07) is 14.0. The highest BCUT2D eigenvalue weighted by Gasteiger charge is 2.38. The summed E-state index contributed by atoms with van der Waals surface area (Å²) in [6.45, 7) is 8.51. The van der Waals surface area contributed by atoms with E-state index in [0.717, 1.165) is 51.5 Å². The van der Waals surface area contributed by atoms with Gasteiger partial charge in [0.1, 0.15) is 5.60 Å². The van der Waals surface area contributed by atoms with E-state index >= 15 is 0 Å². The highest BCUT2D eigenvalue weighted by Crippen LogP contribution is 2.27. The summed E-state index contributed by atoms with van der Waals surface area (Å²) < 4.78 is 31.7. The molecule has 4 rings (SSSR count). The number of carboxylic acids is 1. The number of benzene rings is 1. The molecule has 0 radical (unpaired) electrons. The first-order valence-corrected chi connectivity index (χ1v) is 11.3. The Balaban J connectivity index is 0.000000479. The molecule has 196 valence electrons. The standard InChI is InChI=1S/C24H26N4O2.C2HF3O2/c1-15(28-30-24(2,3)4)16-6-5-7-17(12-16)21-13-18(8-10-25-21)22-14-19-20(27-22)9-11-26-23(19)29;3-2(4,5)1(6)7/h5-8,10,12-14,27H,9,11H2,1-4H3,(H,26,29);(H,6,7)/b28-15+;. The molecule has 1 aromatic carbocycles. The molecule has 8 nitrogen and oxygen atoms in total. The number of alkyl halides is 3. The second-order valence-electron chi connectivity index (χ2n) is 9.27. The highest BCUT2D eigenvalue weighted by molar-refractivity contribution is 5.99. The van der Waals surface area contributed by atoms with Crippen molar-refractivity contribution in [3.05, 3.63) is 65.5 Å². The van der Waals surface area contributed by atoms with E-state index in [4.69, 9.17) is 14.7 Å². The summed E-state index contributed by atoms with van der Waals surface area (Å²) >= 11 is 0. The van der Waals surface area contributed by atoms with Crippen LogP contribution in [0.15, 0.2) is 53.8 Å². The quantitative estimate of drug-likeness (QED) is 0.326. The van der Waals surface area contributed by atoms with Crippen molar-refractivity contribution < 1.29 is 32.7 Å². The van der Waals surface area contributed by atoms with E-state index < -0.39 is 12.1 Å². The second-order valence-corrected chi connectivity index (χ2v) is 9.27. The van der Waals surface area contributed by atoms with Crippen molar-refractivity contribution in [2.24, 2.45) is 5.16 Å². The lowest BCUT2D eigenvalue weighted by molar-refractivity contribution is -0.192. The number of pyridine rings is 1. The third kappa shape index (κ3) is 7.42. The SMILES string of the molecule is C/C(=N\OC(C)(C)C)c1cccc(-c2cc(-c3cc4c([nH]3)CCNC4=O)ccn2)c1.O=C(O)C(F)(F)F. The minimum atomic E-state index is -5.08. The molecule has 0 bridgehead atoms. The van der Waals surface area contributed by atoms with Crippen LogP contribution in [0.5, 0.6) is 0 Å². The Labute approximate surface area is 211 Å². The van der Waals surface area contributed by atoms with Crippen molar-refractivity contribution in [3.8, 4) is 22.5 Å². The first kappa shape index (κ1) is 27.4. The maximum absolute atomic E-state index is 12.1. The lowest BCUT2D eigenvalue weighted by atomic mass is 10.0. The molecule has 0 spiro atoms. The minimum absolute atomic E-state index is 0.0204. The maximum Gasteiger partial charge on any atom is 0.490 e. The Bertz CT molecular complexity index is 1320. The fourth-order valence-corrected chi connectivity index (χ4v) is 3.37. The highest BCUT2D eigenvalue weighted by atomic mass is 19.4. The number of oxime groups is 1. The maximum atomic E-state index is 12.1. The number of aromatic amines is 1. The number of halogens is 3. The van der Waals surface area contributed by atoms with Gasteiger partial charge in [-0.2, -0.15) is 13.2 Å². The lowest BCUT2D eigenvalue weighted by Crippen LogP contribution is -2.31. The fraction of sp³-hybridized carbons (Fsp3) is 0.308. The molecule has 1 amide bonds. The number of hydrogen-bond acceptors (Lipinski definition) is 5. The van der Waals surface area contributed by atoms with Gasteiger partial charge in [-0.05, 0) is 57.5 Å². The lowest BCUT2D eigenvalue weighted by Gasteiger charge is -2.16. The van der Waals surface area contributed by atoms with Gasteiger partial charge in [-0.15, -0.1) is 0 Å². The Morgan fingerprint density at radius 3 is 2.43 bits per heavy atom. The van der Waals surface area contributed by atoms with Crippen molar-refractivity contribution in [3.63, 3.8) is 0 Å². The van der Waals surface area contributed by atoms with E-state index in [1.165, 1.54) is 0 Å². The van der Waals surface area contributed by atoms with Gasteiger partial charge in [0, 0.05) is 41.7 Å². The number of carbonyl (C=O) groups excluding carboxylic acids is 1. The molecule has 0 saturated heterocycles. The van der Waals surface area contributed by atoms with Crippen LogP contribution in [0.4, 0.5) is 13.2 Å². The van der Waals surface area contributed by atoms with Crippen molar-refractivity contribution in [2.45, 2.75) is 45.9 Å². The summed E-state index contributed by atoms with van der Waals surface area (Å²) in [5, 5.41) is 14.3.